The van der Waals surface area contributed by atoms with Crippen LogP contribution in [-0.2, 0) is 0 Å². The van der Waals surface area contributed by atoms with Crippen LogP contribution in [0.3, 0.4) is 0 Å². The molecule has 0 aliphatic carbocycles. The number of nitrogens with zero attached hydrogens (tertiary/aromatic N) is 2. The topological polar surface area (TPSA) is 54.5 Å². The summed E-state index contributed by atoms with van der Waals surface area (Å²) >= 11 is 1.66. The maximum absolute atomic E-state index is 12.6. The molecule has 6 heteroatoms. The van der Waals surface area contributed by atoms with Crippen molar-refractivity contribution in [2.45, 2.75) is 25.8 Å². The van der Waals surface area contributed by atoms with Crippen LogP contribution in [0, 0.1) is 0 Å². The van der Waals surface area contributed by atoms with Crippen molar-refractivity contribution >= 4 is 23.1 Å². The van der Waals surface area contributed by atoms with Gasteiger partial charge >= 0.3 is 6.03 Å². The number of thiophene rings is 1. The molecule has 0 aromatic carbocycles. The predicted molar refractivity (Wildman–Crippen MR) is 87.4 cm³/mol. The van der Waals surface area contributed by atoms with Gasteiger partial charge in [-0.05, 0) is 54.3 Å². The molecule has 1 aliphatic rings. The Hall–Kier alpha value is -2.08. The second kappa shape index (κ2) is 6.79. The van der Waals surface area contributed by atoms with E-state index in [1.54, 1.807) is 23.6 Å². The van der Waals surface area contributed by atoms with Crippen LogP contribution in [-0.4, -0.2) is 29.1 Å². The number of hydrogen-bond acceptors (Lipinski definition) is 4. The van der Waals surface area contributed by atoms with Gasteiger partial charge in [0.2, 0.25) is 5.88 Å². The zero-order valence-corrected chi connectivity index (χ0v) is 13.3. The zero-order chi connectivity index (χ0) is 15.4. The molecular weight excluding hydrogens is 298 g/mol. The Morgan fingerprint density at radius 2 is 2.45 bits per heavy atom. The first-order chi connectivity index (χ1) is 10.8. The predicted octanol–water partition coefficient (Wildman–Crippen LogP) is 3.91. The van der Waals surface area contributed by atoms with E-state index in [1.165, 1.54) is 5.56 Å². The maximum Gasteiger partial charge on any atom is 0.322 e. The molecule has 1 N–H and O–H groups in total. The lowest BCUT2D eigenvalue weighted by Gasteiger charge is -2.24. The first-order valence-electron chi connectivity index (χ1n) is 7.47. The molecule has 3 heterocycles. The van der Waals surface area contributed by atoms with E-state index in [0.717, 1.165) is 19.4 Å². The smallest absolute Gasteiger partial charge is 0.322 e. The Morgan fingerprint density at radius 1 is 1.55 bits per heavy atom. The lowest BCUT2D eigenvalue weighted by Crippen LogP contribution is -2.34. The summed E-state index contributed by atoms with van der Waals surface area (Å²) in [5.41, 5.74) is 1.83. The number of anilines is 1. The van der Waals surface area contributed by atoms with Gasteiger partial charge in [-0.25, -0.2) is 9.78 Å². The van der Waals surface area contributed by atoms with Crippen LogP contribution in [0.2, 0.25) is 0 Å². The van der Waals surface area contributed by atoms with E-state index in [9.17, 15) is 4.79 Å². The number of ether oxygens (including phenoxy) is 1. The molecule has 1 aliphatic heterocycles. The molecule has 0 bridgehead atoms. The summed E-state index contributed by atoms with van der Waals surface area (Å²) in [6, 6.07) is 5.77. The van der Waals surface area contributed by atoms with E-state index in [0.29, 0.717) is 18.2 Å². The van der Waals surface area contributed by atoms with Crippen molar-refractivity contribution in [1.29, 1.82) is 0 Å². The van der Waals surface area contributed by atoms with Crippen LogP contribution < -0.4 is 10.1 Å². The summed E-state index contributed by atoms with van der Waals surface area (Å²) in [7, 11) is 0. The van der Waals surface area contributed by atoms with Gasteiger partial charge in [0.15, 0.2) is 0 Å². The number of urea groups is 1. The number of aromatic nitrogens is 1. The van der Waals surface area contributed by atoms with Gasteiger partial charge in [-0.2, -0.15) is 11.3 Å². The fraction of sp³-hybridized carbons (Fsp3) is 0.375. The minimum atomic E-state index is -0.0948. The highest BCUT2D eigenvalue weighted by Gasteiger charge is 2.30. The van der Waals surface area contributed by atoms with Crippen molar-refractivity contribution in [3.63, 3.8) is 0 Å². The van der Waals surface area contributed by atoms with E-state index >= 15 is 0 Å². The average molecular weight is 317 g/mol. The van der Waals surface area contributed by atoms with Gasteiger partial charge in [0.25, 0.3) is 0 Å². The number of hydrogen-bond donors (Lipinski definition) is 1. The summed E-state index contributed by atoms with van der Waals surface area (Å²) < 4.78 is 5.46. The summed E-state index contributed by atoms with van der Waals surface area (Å²) in [6.07, 6.45) is 3.69. The van der Waals surface area contributed by atoms with E-state index in [1.807, 2.05) is 17.9 Å². The molecule has 1 unspecified atom stereocenters. The highest BCUT2D eigenvalue weighted by Crippen LogP contribution is 2.34. The normalized spacial score (nSPS) is 17.5. The van der Waals surface area contributed by atoms with Crippen molar-refractivity contribution in [2.24, 2.45) is 0 Å². The Labute approximate surface area is 133 Å². The molecule has 2 aromatic rings. The van der Waals surface area contributed by atoms with E-state index in [-0.39, 0.29) is 12.1 Å². The van der Waals surface area contributed by atoms with Crippen LogP contribution >= 0.6 is 11.3 Å². The van der Waals surface area contributed by atoms with Crippen LogP contribution in [0.25, 0.3) is 0 Å². The van der Waals surface area contributed by atoms with Crippen molar-refractivity contribution in [3.05, 3.63) is 40.7 Å². The van der Waals surface area contributed by atoms with Crippen molar-refractivity contribution in [3.8, 4) is 5.88 Å². The minimum absolute atomic E-state index is 0.0948. The Balaban J connectivity index is 1.74. The second-order valence-electron chi connectivity index (χ2n) is 5.13. The molecule has 0 saturated carbocycles. The average Bonchev–Trinajstić information content (AvgIpc) is 3.20. The van der Waals surface area contributed by atoms with Crippen molar-refractivity contribution in [2.75, 3.05) is 18.5 Å². The molecule has 5 nitrogen and oxygen atoms in total. The molecule has 0 spiro atoms. The van der Waals surface area contributed by atoms with Gasteiger partial charge in [0.1, 0.15) is 5.69 Å². The molecular formula is C16H19N3O2S. The van der Waals surface area contributed by atoms with Gasteiger partial charge in [-0.15, -0.1) is 0 Å². The van der Waals surface area contributed by atoms with Crippen LogP contribution in [0.15, 0.2) is 35.2 Å². The number of rotatable bonds is 4. The zero-order valence-electron chi connectivity index (χ0n) is 12.5. The van der Waals surface area contributed by atoms with E-state index < -0.39 is 0 Å². The lowest BCUT2D eigenvalue weighted by atomic mass is 10.1. The number of carbonyl (C=O) groups is 1. The van der Waals surface area contributed by atoms with E-state index in [4.69, 9.17) is 4.74 Å². The molecule has 1 fully saturated rings. The molecule has 0 radical (unpaired) electrons. The van der Waals surface area contributed by atoms with Crippen LogP contribution in [0.4, 0.5) is 10.5 Å². The van der Waals surface area contributed by atoms with Gasteiger partial charge < -0.3 is 15.0 Å². The highest BCUT2D eigenvalue weighted by molar-refractivity contribution is 7.07. The highest BCUT2D eigenvalue weighted by atomic mass is 32.1. The fourth-order valence-electron chi connectivity index (χ4n) is 2.75. The van der Waals surface area contributed by atoms with Gasteiger partial charge in [0, 0.05) is 12.7 Å². The second-order valence-corrected chi connectivity index (χ2v) is 5.91. The third-order valence-electron chi connectivity index (χ3n) is 3.74. The summed E-state index contributed by atoms with van der Waals surface area (Å²) in [6.45, 7) is 3.19. The van der Waals surface area contributed by atoms with E-state index in [2.05, 4.69) is 27.1 Å². The Morgan fingerprint density at radius 3 is 3.23 bits per heavy atom. The standard InChI is InChI=1S/C16H19N3O2S/c1-2-21-15-13(5-3-8-17-15)18-16(20)19-9-4-6-14(19)12-7-10-22-11-12/h3,5,7-8,10-11,14H,2,4,6,9H2,1H3,(H,18,20). The third-order valence-corrected chi connectivity index (χ3v) is 4.44. The summed E-state index contributed by atoms with van der Waals surface area (Å²) in [5.74, 6) is 0.463. The number of nitrogens with one attached hydrogen (secondary N) is 1. The molecule has 116 valence electrons. The maximum atomic E-state index is 12.6. The first-order valence-corrected chi connectivity index (χ1v) is 8.41. The quantitative estimate of drug-likeness (QED) is 0.930. The third kappa shape index (κ3) is 3.06. The molecule has 2 amide bonds. The Kier molecular flexibility index (Phi) is 4.58. The van der Waals surface area contributed by atoms with Crippen LogP contribution in [0.5, 0.6) is 5.88 Å². The van der Waals surface area contributed by atoms with Gasteiger partial charge in [0.05, 0.1) is 12.6 Å². The van der Waals surface area contributed by atoms with Crippen LogP contribution in [0.1, 0.15) is 31.4 Å². The Bertz CT molecular complexity index is 630. The van der Waals surface area contributed by atoms with Crippen molar-refractivity contribution < 1.29 is 9.53 Å². The minimum Gasteiger partial charge on any atom is -0.476 e. The SMILES string of the molecule is CCOc1ncccc1NC(=O)N1CCCC1c1ccsc1. The van der Waals surface area contributed by atoms with Crippen molar-refractivity contribution in [1.82, 2.24) is 9.88 Å². The summed E-state index contributed by atoms with van der Waals surface area (Å²) in [4.78, 5) is 18.7. The van der Waals surface area contributed by atoms with Gasteiger partial charge in [-0.3, -0.25) is 0 Å². The summed E-state index contributed by atoms with van der Waals surface area (Å²) in [5, 5.41) is 7.10. The fourth-order valence-corrected chi connectivity index (χ4v) is 3.45. The first kappa shape index (κ1) is 14.8. The lowest BCUT2D eigenvalue weighted by molar-refractivity contribution is 0.207. The number of amides is 2. The number of carbonyl (C=O) groups excluding carboxylic acids is 1. The molecule has 3 rings (SSSR count). The van der Waals surface area contributed by atoms with Gasteiger partial charge in [-0.1, -0.05) is 0 Å². The molecule has 22 heavy (non-hydrogen) atoms. The molecule has 2 aromatic heterocycles. The molecule has 1 atom stereocenters. The largest absolute Gasteiger partial charge is 0.476 e. The molecule has 1 saturated heterocycles. The number of pyridine rings is 1. The monoisotopic (exact) mass is 317 g/mol. The number of likely N-dealkylation sites (tertiary alicyclic amines) is 1.